The van der Waals surface area contributed by atoms with Crippen molar-refractivity contribution >= 4 is 6.09 Å². The number of nitrogens with zero attached hydrogens (tertiary/aromatic N) is 1. The van der Waals surface area contributed by atoms with E-state index >= 15 is 0 Å². The van der Waals surface area contributed by atoms with Crippen LogP contribution in [0.3, 0.4) is 0 Å². The minimum absolute atomic E-state index is 0.0971. The first-order valence-electron chi connectivity index (χ1n) is 7.54. The summed E-state index contributed by atoms with van der Waals surface area (Å²) in [6.07, 6.45) is 3.28. The second-order valence-corrected chi connectivity index (χ2v) is 6.91. The molecule has 5 heteroatoms. The van der Waals surface area contributed by atoms with Gasteiger partial charge in [0.2, 0.25) is 0 Å². The maximum Gasteiger partial charge on any atom is 0.412 e. The van der Waals surface area contributed by atoms with Crippen molar-refractivity contribution in [3.8, 4) is 0 Å². The number of rotatable bonds is 5. The number of hydrogen-bond donors (Lipinski definition) is 1. The van der Waals surface area contributed by atoms with Gasteiger partial charge in [-0.3, -0.25) is 4.90 Å². The molecule has 1 aliphatic heterocycles. The molecule has 1 rings (SSSR count). The molecule has 0 aromatic rings. The van der Waals surface area contributed by atoms with Crippen LogP contribution in [-0.2, 0) is 9.47 Å². The molecule has 0 radical (unpaired) electrons. The molecule has 1 fully saturated rings. The van der Waals surface area contributed by atoms with Gasteiger partial charge in [0.15, 0.2) is 0 Å². The average Bonchev–Trinajstić information content (AvgIpc) is 2.55. The van der Waals surface area contributed by atoms with Crippen LogP contribution in [0, 0.1) is 0 Å². The summed E-state index contributed by atoms with van der Waals surface area (Å²) in [4.78, 5) is 14.2. The smallest absolute Gasteiger partial charge is 0.412 e. The molecule has 0 aromatic carbocycles. The Labute approximate surface area is 127 Å². The Hall–Kier alpha value is -1.07. The molecule has 2 atom stereocenters. The molecule has 0 aliphatic carbocycles. The molecule has 0 aromatic heterocycles. The van der Waals surface area contributed by atoms with E-state index in [2.05, 4.69) is 6.58 Å². The van der Waals surface area contributed by atoms with E-state index in [0.29, 0.717) is 19.3 Å². The maximum atomic E-state index is 12.5. The fourth-order valence-electron chi connectivity index (χ4n) is 2.72. The highest BCUT2D eigenvalue weighted by Crippen LogP contribution is 2.37. The zero-order chi connectivity index (χ0) is 16.3. The van der Waals surface area contributed by atoms with Crippen LogP contribution in [0.2, 0.25) is 0 Å². The monoisotopic (exact) mass is 299 g/mol. The van der Waals surface area contributed by atoms with Crippen molar-refractivity contribution in [1.29, 1.82) is 0 Å². The van der Waals surface area contributed by atoms with Crippen molar-refractivity contribution in [3.63, 3.8) is 0 Å². The van der Waals surface area contributed by atoms with Gasteiger partial charge in [-0.1, -0.05) is 6.08 Å². The van der Waals surface area contributed by atoms with E-state index in [9.17, 15) is 4.79 Å². The zero-order valence-electron chi connectivity index (χ0n) is 13.9. The quantitative estimate of drug-likeness (QED) is 0.793. The predicted octanol–water partition coefficient (Wildman–Crippen LogP) is 3.08. The van der Waals surface area contributed by atoms with Gasteiger partial charge in [0.25, 0.3) is 0 Å². The molecular weight excluding hydrogens is 270 g/mol. The van der Waals surface area contributed by atoms with E-state index in [1.54, 1.807) is 11.0 Å². The molecule has 1 amide bonds. The largest absolute Gasteiger partial charge is 0.444 e. The van der Waals surface area contributed by atoms with Crippen molar-refractivity contribution < 1.29 is 19.4 Å². The molecule has 1 saturated heterocycles. The number of aliphatic hydroxyl groups excluding tert-OH is 1. The Balaban J connectivity index is 2.97. The normalized spacial score (nSPS) is 25.0. The number of carbonyl (C=O) groups is 1. The van der Waals surface area contributed by atoms with Crippen molar-refractivity contribution in [2.45, 2.75) is 77.4 Å². The standard InChI is InChI=1S/C16H29NO4/c1-7-9-13-12(10-8-11-18)17(16(5,6)20-13)14(19)21-15(2,3)4/h7,12-13,18H,1,8-11H2,2-6H3/t12-,13+/m0/s1. The third kappa shape index (κ3) is 4.71. The molecule has 0 bridgehead atoms. The lowest BCUT2D eigenvalue weighted by Gasteiger charge is -2.35. The highest BCUT2D eigenvalue weighted by Gasteiger charge is 2.50. The first-order chi connectivity index (χ1) is 9.62. The van der Waals surface area contributed by atoms with Crippen molar-refractivity contribution in [2.24, 2.45) is 0 Å². The van der Waals surface area contributed by atoms with Crippen LogP contribution in [0.1, 0.15) is 53.9 Å². The summed E-state index contributed by atoms with van der Waals surface area (Å²) >= 11 is 0. The van der Waals surface area contributed by atoms with E-state index in [-0.39, 0.29) is 24.8 Å². The first kappa shape index (κ1) is 18.0. The molecule has 21 heavy (non-hydrogen) atoms. The van der Waals surface area contributed by atoms with E-state index in [4.69, 9.17) is 14.6 Å². The van der Waals surface area contributed by atoms with Gasteiger partial charge < -0.3 is 14.6 Å². The van der Waals surface area contributed by atoms with Crippen LogP contribution < -0.4 is 0 Å². The highest BCUT2D eigenvalue weighted by atomic mass is 16.6. The Morgan fingerprint density at radius 3 is 2.57 bits per heavy atom. The van der Waals surface area contributed by atoms with Crippen LogP contribution in [-0.4, -0.2) is 46.2 Å². The minimum Gasteiger partial charge on any atom is -0.444 e. The summed E-state index contributed by atoms with van der Waals surface area (Å²) in [7, 11) is 0. The lowest BCUT2D eigenvalue weighted by molar-refractivity contribution is -0.0781. The first-order valence-corrected chi connectivity index (χ1v) is 7.54. The number of aliphatic hydroxyl groups is 1. The SMILES string of the molecule is C=CC[C@H]1OC(C)(C)N(C(=O)OC(C)(C)C)[C@H]1CCCO. The summed E-state index contributed by atoms with van der Waals surface area (Å²) in [5.74, 6) is 0. The van der Waals surface area contributed by atoms with Crippen LogP contribution in [0.5, 0.6) is 0 Å². The molecular formula is C16H29NO4. The molecule has 1 heterocycles. The molecule has 0 unspecified atom stereocenters. The number of carbonyl (C=O) groups excluding carboxylic acids is 1. The van der Waals surface area contributed by atoms with Gasteiger partial charge in [0.1, 0.15) is 11.3 Å². The molecule has 122 valence electrons. The zero-order valence-corrected chi connectivity index (χ0v) is 13.9. The molecule has 0 spiro atoms. The van der Waals surface area contributed by atoms with Gasteiger partial charge in [0, 0.05) is 6.61 Å². The van der Waals surface area contributed by atoms with Crippen molar-refractivity contribution in [2.75, 3.05) is 6.61 Å². The third-order valence-corrected chi connectivity index (χ3v) is 3.43. The van der Waals surface area contributed by atoms with E-state index in [0.717, 1.165) is 0 Å². The Morgan fingerprint density at radius 1 is 1.48 bits per heavy atom. The Kier molecular flexibility index (Phi) is 5.82. The number of hydrogen-bond acceptors (Lipinski definition) is 4. The van der Waals surface area contributed by atoms with Crippen LogP contribution in [0.25, 0.3) is 0 Å². The van der Waals surface area contributed by atoms with Gasteiger partial charge in [-0.25, -0.2) is 4.79 Å². The van der Waals surface area contributed by atoms with Crippen molar-refractivity contribution in [3.05, 3.63) is 12.7 Å². The topological polar surface area (TPSA) is 59.0 Å². The summed E-state index contributed by atoms with van der Waals surface area (Å²) in [6, 6.07) is -0.111. The fraction of sp³-hybridized carbons (Fsp3) is 0.812. The third-order valence-electron chi connectivity index (χ3n) is 3.43. The van der Waals surface area contributed by atoms with Gasteiger partial charge >= 0.3 is 6.09 Å². The molecule has 1 N–H and O–H groups in total. The van der Waals surface area contributed by atoms with Gasteiger partial charge in [-0.15, -0.1) is 6.58 Å². The van der Waals surface area contributed by atoms with E-state index < -0.39 is 11.3 Å². The lowest BCUT2D eigenvalue weighted by Crippen LogP contribution is -2.50. The summed E-state index contributed by atoms with van der Waals surface area (Å²) in [6.45, 7) is 13.1. The number of amides is 1. The van der Waals surface area contributed by atoms with Gasteiger partial charge in [-0.2, -0.15) is 0 Å². The highest BCUT2D eigenvalue weighted by molar-refractivity contribution is 5.70. The molecule has 5 nitrogen and oxygen atoms in total. The fourth-order valence-corrected chi connectivity index (χ4v) is 2.72. The summed E-state index contributed by atoms with van der Waals surface area (Å²) in [5.41, 5.74) is -1.28. The summed E-state index contributed by atoms with van der Waals surface area (Å²) in [5, 5.41) is 9.09. The number of ether oxygens (including phenoxy) is 2. The van der Waals surface area contributed by atoms with Crippen LogP contribution in [0.15, 0.2) is 12.7 Å². The van der Waals surface area contributed by atoms with E-state index in [1.807, 2.05) is 34.6 Å². The molecule has 1 aliphatic rings. The average molecular weight is 299 g/mol. The lowest BCUT2D eigenvalue weighted by atomic mass is 10.0. The maximum absolute atomic E-state index is 12.5. The molecule has 0 saturated carbocycles. The predicted molar refractivity (Wildman–Crippen MR) is 81.9 cm³/mol. The minimum atomic E-state index is -0.726. The van der Waals surface area contributed by atoms with Gasteiger partial charge in [-0.05, 0) is 53.9 Å². The second-order valence-electron chi connectivity index (χ2n) is 6.91. The van der Waals surface area contributed by atoms with Crippen LogP contribution in [0.4, 0.5) is 4.79 Å². The van der Waals surface area contributed by atoms with Crippen LogP contribution >= 0.6 is 0 Å². The second kappa shape index (κ2) is 6.79. The Bertz CT molecular complexity index is 373. The Morgan fingerprint density at radius 2 is 2.10 bits per heavy atom. The van der Waals surface area contributed by atoms with E-state index in [1.165, 1.54) is 0 Å². The van der Waals surface area contributed by atoms with Gasteiger partial charge in [0.05, 0.1) is 12.1 Å². The summed E-state index contributed by atoms with van der Waals surface area (Å²) < 4.78 is 11.5. The van der Waals surface area contributed by atoms with Crippen molar-refractivity contribution in [1.82, 2.24) is 4.90 Å².